The predicted octanol–water partition coefficient (Wildman–Crippen LogP) is 2.84. The number of imide groups is 1. The Morgan fingerprint density at radius 1 is 1.03 bits per heavy atom. The molecule has 3 heterocycles. The van der Waals surface area contributed by atoms with E-state index < -0.39 is 11.6 Å². The molecule has 2 atom stereocenters. The van der Waals surface area contributed by atoms with E-state index in [0.717, 1.165) is 36.8 Å². The lowest BCUT2D eigenvalue weighted by Gasteiger charge is -2.36. The molecule has 0 aromatic heterocycles. The molecule has 2 fully saturated rings. The number of nitrogens with one attached hydrogen (secondary N) is 1. The Morgan fingerprint density at radius 2 is 1.82 bits per heavy atom. The van der Waals surface area contributed by atoms with Crippen LogP contribution < -0.4 is 10.2 Å². The maximum atomic E-state index is 14.1. The van der Waals surface area contributed by atoms with Crippen molar-refractivity contribution in [3.8, 4) is 0 Å². The molecule has 174 valence electrons. The molecule has 0 saturated carbocycles. The van der Waals surface area contributed by atoms with Crippen LogP contribution in [0.25, 0.3) is 0 Å². The summed E-state index contributed by atoms with van der Waals surface area (Å²) in [5, 5.41) is 2.24. The van der Waals surface area contributed by atoms with Crippen LogP contribution in [0.3, 0.4) is 0 Å². The maximum absolute atomic E-state index is 14.1. The molecule has 0 aliphatic carbocycles. The second-order valence-corrected chi connectivity index (χ2v) is 9.39. The summed E-state index contributed by atoms with van der Waals surface area (Å²) in [7, 11) is 0. The average molecular weight is 473 g/mol. The molecular weight excluding hydrogens is 446 g/mol. The second kappa shape index (κ2) is 9.04. The minimum Gasteiger partial charge on any atom is -0.367 e. The van der Waals surface area contributed by atoms with E-state index in [2.05, 4.69) is 33.3 Å². The number of benzene rings is 2. The highest BCUT2D eigenvalue weighted by molar-refractivity contribution is 7.80. The number of nitrogens with zero attached hydrogens (tertiary/aromatic N) is 3. The van der Waals surface area contributed by atoms with E-state index in [9.17, 15) is 18.4 Å². The Hall–Kier alpha value is -2.49. The molecule has 1 N–H and O–H groups in total. The van der Waals surface area contributed by atoms with Crippen LogP contribution >= 0.6 is 12.6 Å². The van der Waals surface area contributed by atoms with Gasteiger partial charge in [-0.3, -0.25) is 24.7 Å². The molecule has 0 radical (unpaired) electrons. The number of hydrogen-bond donors (Lipinski definition) is 2. The zero-order valence-corrected chi connectivity index (χ0v) is 19.0. The first kappa shape index (κ1) is 22.3. The number of thiol groups is 1. The number of piperidine rings is 1. The van der Waals surface area contributed by atoms with E-state index in [1.807, 2.05) is 4.90 Å². The van der Waals surface area contributed by atoms with Crippen LogP contribution in [0.2, 0.25) is 0 Å². The number of rotatable bonds is 4. The second-order valence-electron chi connectivity index (χ2n) is 8.90. The van der Waals surface area contributed by atoms with Gasteiger partial charge in [0.1, 0.15) is 11.6 Å². The highest BCUT2D eigenvalue weighted by Gasteiger charge is 2.39. The predicted molar refractivity (Wildman–Crippen MR) is 124 cm³/mol. The number of hydrogen-bond acceptors (Lipinski definition) is 6. The minimum absolute atomic E-state index is 0.192. The Morgan fingerprint density at radius 3 is 2.55 bits per heavy atom. The Labute approximate surface area is 196 Å². The summed E-state index contributed by atoms with van der Waals surface area (Å²) in [5.74, 6) is -1.55. The highest BCUT2D eigenvalue weighted by Crippen LogP contribution is 2.39. The molecule has 0 bridgehead atoms. The van der Waals surface area contributed by atoms with E-state index in [0.29, 0.717) is 38.2 Å². The van der Waals surface area contributed by atoms with Crippen LogP contribution in [0.5, 0.6) is 0 Å². The summed E-state index contributed by atoms with van der Waals surface area (Å²) in [4.78, 5) is 30.1. The fraction of sp³-hybridized carbons (Fsp3) is 0.417. The first-order valence-electron chi connectivity index (χ1n) is 11.2. The van der Waals surface area contributed by atoms with E-state index in [-0.39, 0.29) is 23.2 Å². The molecule has 2 aromatic carbocycles. The Balaban J connectivity index is 1.21. The van der Waals surface area contributed by atoms with Crippen molar-refractivity contribution in [2.45, 2.75) is 37.3 Å². The topological polar surface area (TPSA) is 55.9 Å². The van der Waals surface area contributed by atoms with Crippen molar-refractivity contribution < 1.29 is 18.4 Å². The van der Waals surface area contributed by atoms with Crippen molar-refractivity contribution in [3.63, 3.8) is 0 Å². The molecule has 2 saturated heterocycles. The normalized spacial score (nSPS) is 24.2. The average Bonchev–Trinajstić information content (AvgIpc) is 3.10. The van der Waals surface area contributed by atoms with Gasteiger partial charge in [0.05, 0.1) is 17.1 Å². The molecule has 2 aromatic rings. The smallest absolute Gasteiger partial charge is 0.243 e. The monoisotopic (exact) mass is 472 g/mol. The summed E-state index contributed by atoms with van der Waals surface area (Å²) in [6.07, 6.45) is 0.865. The summed E-state index contributed by atoms with van der Waals surface area (Å²) < 4.78 is 27.3. The molecule has 9 heteroatoms. The summed E-state index contributed by atoms with van der Waals surface area (Å²) >= 11 is 4.80. The van der Waals surface area contributed by atoms with Gasteiger partial charge in [0.15, 0.2) is 0 Å². The molecule has 0 spiro atoms. The summed E-state index contributed by atoms with van der Waals surface area (Å²) in [6.45, 7) is 4.31. The lowest BCUT2D eigenvalue weighted by Crippen LogP contribution is -2.51. The van der Waals surface area contributed by atoms with Gasteiger partial charge in [-0.15, -0.1) is 0 Å². The van der Waals surface area contributed by atoms with E-state index in [4.69, 9.17) is 12.6 Å². The van der Waals surface area contributed by atoms with Crippen molar-refractivity contribution >= 4 is 30.1 Å². The SMILES string of the molecule is O=C1CCC(N2Cc3ccc(CN4CCN(c5ccc(F)cc5F)CC4)cc3C2S)C(=O)N1. The fourth-order valence-electron chi connectivity index (χ4n) is 5.01. The molecular formula is C24H26F2N4O2S. The van der Waals surface area contributed by atoms with E-state index in [1.165, 1.54) is 17.7 Å². The number of amides is 2. The Bertz CT molecular complexity index is 1090. The van der Waals surface area contributed by atoms with Crippen molar-refractivity contribution in [1.82, 2.24) is 15.1 Å². The summed E-state index contributed by atoms with van der Waals surface area (Å²) in [6, 6.07) is 9.75. The molecule has 3 aliphatic heterocycles. The number of fused-ring (bicyclic) bond motifs is 1. The van der Waals surface area contributed by atoms with Crippen LogP contribution in [0, 0.1) is 11.6 Å². The standard InChI is InChI=1S/C24H26F2N4O2S/c25-17-3-4-20(19(26)12-17)29-9-7-28(8-10-29)13-15-1-2-16-14-30(24(33)18(16)11-15)21-5-6-22(31)27-23(21)32/h1-4,11-12,21,24,33H,5-10,13-14H2,(H,27,31,32). The zero-order valence-electron chi connectivity index (χ0n) is 18.1. The first-order valence-corrected chi connectivity index (χ1v) is 11.7. The van der Waals surface area contributed by atoms with Gasteiger partial charge in [0.25, 0.3) is 0 Å². The van der Waals surface area contributed by atoms with Gasteiger partial charge in [-0.25, -0.2) is 8.78 Å². The first-order chi connectivity index (χ1) is 15.9. The molecule has 33 heavy (non-hydrogen) atoms. The summed E-state index contributed by atoms with van der Waals surface area (Å²) in [5.41, 5.74) is 3.87. The van der Waals surface area contributed by atoms with Gasteiger partial charge in [-0.1, -0.05) is 18.2 Å². The third-order valence-electron chi connectivity index (χ3n) is 6.79. The van der Waals surface area contributed by atoms with Crippen molar-refractivity contribution in [3.05, 3.63) is 64.7 Å². The van der Waals surface area contributed by atoms with Crippen molar-refractivity contribution in [1.29, 1.82) is 0 Å². The largest absolute Gasteiger partial charge is 0.367 e. The van der Waals surface area contributed by atoms with Crippen molar-refractivity contribution in [2.75, 3.05) is 31.1 Å². The van der Waals surface area contributed by atoms with Gasteiger partial charge in [-0.2, -0.15) is 12.6 Å². The maximum Gasteiger partial charge on any atom is 0.243 e. The molecule has 3 aliphatic rings. The van der Waals surface area contributed by atoms with Gasteiger partial charge < -0.3 is 4.90 Å². The fourth-order valence-corrected chi connectivity index (χ4v) is 5.49. The van der Waals surface area contributed by atoms with Crippen LogP contribution in [-0.2, 0) is 22.7 Å². The third-order valence-corrected chi connectivity index (χ3v) is 7.37. The van der Waals surface area contributed by atoms with Crippen LogP contribution in [0.15, 0.2) is 36.4 Å². The van der Waals surface area contributed by atoms with E-state index in [1.54, 1.807) is 0 Å². The van der Waals surface area contributed by atoms with Gasteiger partial charge in [0, 0.05) is 51.8 Å². The Kier molecular flexibility index (Phi) is 6.11. The molecule has 2 unspecified atom stereocenters. The lowest BCUT2D eigenvalue weighted by atomic mass is 10.0. The number of halogens is 2. The van der Waals surface area contributed by atoms with Gasteiger partial charge in [0.2, 0.25) is 11.8 Å². The lowest BCUT2D eigenvalue weighted by molar-refractivity contribution is -0.137. The quantitative estimate of drug-likeness (QED) is 0.530. The molecule has 6 nitrogen and oxygen atoms in total. The van der Waals surface area contributed by atoms with Crippen LogP contribution in [0.4, 0.5) is 14.5 Å². The van der Waals surface area contributed by atoms with Crippen LogP contribution in [0.1, 0.15) is 34.9 Å². The van der Waals surface area contributed by atoms with Gasteiger partial charge in [-0.05, 0) is 35.2 Å². The van der Waals surface area contributed by atoms with Crippen LogP contribution in [-0.4, -0.2) is 53.8 Å². The van der Waals surface area contributed by atoms with E-state index >= 15 is 0 Å². The third kappa shape index (κ3) is 4.49. The number of carbonyl (C=O) groups excluding carboxylic acids is 2. The number of carbonyl (C=O) groups is 2. The number of piperazine rings is 1. The minimum atomic E-state index is -0.565. The highest BCUT2D eigenvalue weighted by atomic mass is 32.1. The molecule has 2 amide bonds. The molecule has 5 rings (SSSR count). The van der Waals surface area contributed by atoms with Crippen molar-refractivity contribution in [2.24, 2.45) is 0 Å². The van der Waals surface area contributed by atoms with Gasteiger partial charge >= 0.3 is 0 Å². The number of anilines is 1. The zero-order chi connectivity index (χ0) is 23.1.